The van der Waals surface area contributed by atoms with Gasteiger partial charge in [-0.05, 0) is 54.0 Å². The number of nitrogens with one attached hydrogen (secondary N) is 2. The van der Waals surface area contributed by atoms with E-state index in [1.165, 1.54) is 16.5 Å². The lowest BCUT2D eigenvalue weighted by atomic mass is 10.0. The van der Waals surface area contributed by atoms with Crippen LogP contribution in [0, 0.1) is 0 Å². The van der Waals surface area contributed by atoms with Gasteiger partial charge in [0.1, 0.15) is 0 Å². The van der Waals surface area contributed by atoms with E-state index >= 15 is 0 Å². The van der Waals surface area contributed by atoms with Gasteiger partial charge >= 0.3 is 0 Å². The van der Waals surface area contributed by atoms with Crippen molar-refractivity contribution >= 4 is 16.8 Å². The number of hydrogen-bond donors (Lipinski definition) is 2. The summed E-state index contributed by atoms with van der Waals surface area (Å²) in [7, 11) is 0. The van der Waals surface area contributed by atoms with Gasteiger partial charge in [-0.3, -0.25) is 4.79 Å². The lowest BCUT2D eigenvalue weighted by molar-refractivity contribution is -0.121. The minimum atomic E-state index is 0.118. The largest absolute Gasteiger partial charge is 0.361 e. The molecule has 2 N–H and O–H groups in total. The van der Waals surface area contributed by atoms with Gasteiger partial charge in [0.2, 0.25) is 5.91 Å². The Bertz CT molecular complexity index is 1170. The Balaban J connectivity index is 1.36. The van der Waals surface area contributed by atoms with Crippen LogP contribution in [0.3, 0.4) is 0 Å². The molecule has 0 spiro atoms. The minimum absolute atomic E-state index is 0.118. The summed E-state index contributed by atoms with van der Waals surface area (Å²) in [6.07, 6.45) is 7.21. The molecule has 6 nitrogen and oxygen atoms in total. The van der Waals surface area contributed by atoms with Crippen molar-refractivity contribution in [2.75, 3.05) is 0 Å². The summed E-state index contributed by atoms with van der Waals surface area (Å²) >= 11 is 0. The van der Waals surface area contributed by atoms with Crippen molar-refractivity contribution in [2.45, 2.75) is 44.7 Å². The van der Waals surface area contributed by atoms with Crippen LogP contribution >= 0.6 is 0 Å². The molecule has 2 heterocycles. The summed E-state index contributed by atoms with van der Waals surface area (Å²) in [5.74, 6) is 0.118. The van der Waals surface area contributed by atoms with Crippen molar-refractivity contribution in [3.8, 4) is 22.4 Å². The third-order valence-corrected chi connectivity index (χ3v) is 6.08. The normalized spacial score (nSPS) is 18.7. The number of benzene rings is 2. The highest BCUT2D eigenvalue weighted by Crippen LogP contribution is 2.34. The SMILES string of the molecule is CCC(=O)N[C@H]1CC[C@@H](n2nncc2-c2ccc(-c3ccc4[nH]ccc4c3)cc2)C1. The number of aromatic amines is 1. The first-order valence-electron chi connectivity index (χ1n) is 10.6. The van der Waals surface area contributed by atoms with E-state index in [2.05, 4.69) is 69.1 Å². The molecule has 2 atom stereocenters. The molecule has 30 heavy (non-hydrogen) atoms. The van der Waals surface area contributed by atoms with Crippen LogP contribution in [0.1, 0.15) is 38.6 Å². The van der Waals surface area contributed by atoms with Crippen molar-refractivity contribution < 1.29 is 4.79 Å². The molecular formula is C24H25N5O. The van der Waals surface area contributed by atoms with Crippen molar-refractivity contribution in [2.24, 2.45) is 0 Å². The molecule has 2 aromatic carbocycles. The van der Waals surface area contributed by atoms with Crippen LogP contribution in [0.15, 0.2) is 60.9 Å². The fourth-order valence-electron chi connectivity index (χ4n) is 4.43. The second kappa shape index (κ2) is 7.78. The van der Waals surface area contributed by atoms with E-state index in [1.54, 1.807) is 0 Å². The van der Waals surface area contributed by atoms with Crippen LogP contribution in [0.2, 0.25) is 0 Å². The molecule has 1 fully saturated rings. The number of aromatic nitrogens is 4. The van der Waals surface area contributed by atoms with Gasteiger partial charge in [-0.25, -0.2) is 4.68 Å². The Morgan fingerprint density at radius 3 is 2.73 bits per heavy atom. The number of H-pyrrole nitrogens is 1. The highest BCUT2D eigenvalue weighted by Gasteiger charge is 2.29. The number of fused-ring (bicyclic) bond motifs is 1. The van der Waals surface area contributed by atoms with Crippen LogP contribution in [-0.2, 0) is 4.79 Å². The highest BCUT2D eigenvalue weighted by molar-refractivity contribution is 5.85. The lowest BCUT2D eigenvalue weighted by Gasteiger charge is -2.15. The predicted octanol–water partition coefficient (Wildman–Crippen LogP) is 4.71. The zero-order valence-electron chi connectivity index (χ0n) is 17.0. The Hall–Kier alpha value is -3.41. The molecule has 0 saturated heterocycles. The molecule has 1 aliphatic carbocycles. The summed E-state index contributed by atoms with van der Waals surface area (Å²) in [6.45, 7) is 1.89. The van der Waals surface area contributed by atoms with Crippen LogP contribution in [0.4, 0.5) is 0 Å². The summed E-state index contributed by atoms with van der Waals surface area (Å²) < 4.78 is 2.03. The Kier molecular flexibility index (Phi) is 4.83. The molecule has 0 radical (unpaired) electrons. The zero-order valence-corrected chi connectivity index (χ0v) is 17.0. The third-order valence-electron chi connectivity index (χ3n) is 6.08. The van der Waals surface area contributed by atoms with Crippen LogP contribution in [0.5, 0.6) is 0 Å². The number of amides is 1. The average Bonchev–Trinajstić information content (AvgIpc) is 3.53. The smallest absolute Gasteiger partial charge is 0.219 e. The molecule has 1 amide bonds. The molecule has 152 valence electrons. The second-order valence-corrected chi connectivity index (χ2v) is 8.01. The fraction of sp³-hybridized carbons (Fsp3) is 0.292. The quantitative estimate of drug-likeness (QED) is 0.510. The van der Waals surface area contributed by atoms with E-state index < -0.39 is 0 Å². The minimum Gasteiger partial charge on any atom is -0.361 e. The topological polar surface area (TPSA) is 75.6 Å². The number of nitrogens with zero attached hydrogens (tertiary/aromatic N) is 3. The lowest BCUT2D eigenvalue weighted by Crippen LogP contribution is -2.32. The van der Waals surface area contributed by atoms with Gasteiger partial charge in [0.05, 0.1) is 17.9 Å². The molecular weight excluding hydrogens is 374 g/mol. The number of rotatable bonds is 5. The van der Waals surface area contributed by atoms with Gasteiger partial charge in [0.25, 0.3) is 0 Å². The van der Waals surface area contributed by atoms with Crippen molar-refractivity contribution in [1.29, 1.82) is 0 Å². The molecule has 1 saturated carbocycles. The Morgan fingerprint density at radius 2 is 1.90 bits per heavy atom. The first-order chi connectivity index (χ1) is 14.7. The molecule has 2 aromatic heterocycles. The van der Waals surface area contributed by atoms with Gasteiger partial charge in [-0.2, -0.15) is 0 Å². The van der Waals surface area contributed by atoms with E-state index in [-0.39, 0.29) is 18.0 Å². The molecule has 5 rings (SSSR count). The second-order valence-electron chi connectivity index (χ2n) is 8.01. The van der Waals surface area contributed by atoms with Gasteiger partial charge in [-0.15, -0.1) is 5.10 Å². The summed E-state index contributed by atoms with van der Waals surface area (Å²) in [5.41, 5.74) is 5.66. The fourth-order valence-corrected chi connectivity index (χ4v) is 4.43. The van der Waals surface area contributed by atoms with Crippen molar-refractivity contribution in [3.63, 3.8) is 0 Å². The molecule has 6 heteroatoms. The summed E-state index contributed by atoms with van der Waals surface area (Å²) in [5, 5.41) is 12.9. The number of carbonyl (C=O) groups is 1. The van der Waals surface area contributed by atoms with Crippen LogP contribution < -0.4 is 5.32 Å². The van der Waals surface area contributed by atoms with E-state index in [0.717, 1.165) is 36.0 Å². The maximum Gasteiger partial charge on any atom is 0.219 e. The van der Waals surface area contributed by atoms with Crippen molar-refractivity contribution in [1.82, 2.24) is 25.3 Å². The first-order valence-corrected chi connectivity index (χ1v) is 10.6. The number of carbonyl (C=O) groups excluding carboxylic acids is 1. The molecule has 4 aromatic rings. The Labute approximate surface area is 175 Å². The zero-order chi connectivity index (χ0) is 20.5. The molecule has 0 aliphatic heterocycles. The van der Waals surface area contributed by atoms with Gasteiger partial charge in [0.15, 0.2) is 0 Å². The van der Waals surface area contributed by atoms with E-state index in [1.807, 2.05) is 24.0 Å². The van der Waals surface area contributed by atoms with Gasteiger partial charge in [0, 0.05) is 29.7 Å². The maximum absolute atomic E-state index is 11.7. The van der Waals surface area contributed by atoms with E-state index in [0.29, 0.717) is 6.42 Å². The standard InChI is InChI=1S/C24H25N5O/c1-2-24(30)27-20-8-9-21(14-20)29-23(15-26-28-29)17-5-3-16(4-6-17)18-7-10-22-19(13-18)11-12-25-22/h3-7,10-13,15,20-21,25H,2,8-9,14H2,1H3,(H,27,30)/t20-,21+/m0/s1. The average molecular weight is 399 g/mol. The monoisotopic (exact) mass is 399 g/mol. The van der Waals surface area contributed by atoms with E-state index in [9.17, 15) is 4.79 Å². The number of hydrogen-bond acceptors (Lipinski definition) is 3. The van der Waals surface area contributed by atoms with Gasteiger partial charge in [-0.1, -0.05) is 42.5 Å². The molecule has 0 unspecified atom stereocenters. The Morgan fingerprint density at radius 1 is 1.10 bits per heavy atom. The van der Waals surface area contributed by atoms with E-state index in [4.69, 9.17) is 0 Å². The maximum atomic E-state index is 11.7. The van der Waals surface area contributed by atoms with Gasteiger partial charge < -0.3 is 10.3 Å². The predicted molar refractivity (Wildman–Crippen MR) is 118 cm³/mol. The molecule has 1 aliphatic rings. The van der Waals surface area contributed by atoms with Crippen LogP contribution in [0.25, 0.3) is 33.3 Å². The first kappa shape index (κ1) is 18.6. The third kappa shape index (κ3) is 3.49. The van der Waals surface area contributed by atoms with Crippen LogP contribution in [-0.4, -0.2) is 31.9 Å². The highest BCUT2D eigenvalue weighted by atomic mass is 16.1. The summed E-state index contributed by atoms with van der Waals surface area (Å²) in [6, 6.07) is 17.6. The molecule has 0 bridgehead atoms. The van der Waals surface area contributed by atoms with Crippen molar-refractivity contribution in [3.05, 3.63) is 60.9 Å². The summed E-state index contributed by atoms with van der Waals surface area (Å²) in [4.78, 5) is 14.9.